The SMILES string of the molecule is O=C1C[C@@H](SC2=NCCS2)C(=O)N1c1ccc(F)c(Cl)c1. The minimum absolute atomic E-state index is 0.111. The predicted molar refractivity (Wildman–Crippen MR) is 84.7 cm³/mol. The lowest BCUT2D eigenvalue weighted by molar-refractivity contribution is -0.121. The minimum Gasteiger partial charge on any atom is -0.274 e. The van der Waals surface area contributed by atoms with Gasteiger partial charge in [0.25, 0.3) is 0 Å². The maximum absolute atomic E-state index is 13.2. The number of nitrogens with zero attached hydrogens (tertiary/aromatic N) is 2. The topological polar surface area (TPSA) is 49.7 Å². The summed E-state index contributed by atoms with van der Waals surface area (Å²) in [5.41, 5.74) is 0.306. The quantitative estimate of drug-likeness (QED) is 0.774. The van der Waals surface area contributed by atoms with Gasteiger partial charge in [-0.2, -0.15) is 0 Å². The van der Waals surface area contributed by atoms with Crippen LogP contribution in [-0.2, 0) is 9.59 Å². The summed E-state index contributed by atoms with van der Waals surface area (Å²) < 4.78 is 14.0. The molecule has 1 saturated heterocycles. The van der Waals surface area contributed by atoms with Crippen molar-refractivity contribution in [2.75, 3.05) is 17.2 Å². The van der Waals surface area contributed by atoms with Crippen LogP contribution < -0.4 is 4.90 Å². The Kier molecular flexibility index (Phi) is 4.24. The first kappa shape index (κ1) is 14.9. The molecule has 1 aromatic carbocycles. The van der Waals surface area contributed by atoms with E-state index in [9.17, 15) is 14.0 Å². The van der Waals surface area contributed by atoms with Crippen molar-refractivity contribution in [3.05, 3.63) is 29.0 Å². The van der Waals surface area contributed by atoms with Gasteiger partial charge in [0.2, 0.25) is 11.8 Å². The van der Waals surface area contributed by atoms with Crippen molar-refractivity contribution in [2.24, 2.45) is 4.99 Å². The summed E-state index contributed by atoms with van der Waals surface area (Å²) in [6, 6.07) is 3.82. The normalized spacial score (nSPS) is 22.1. The summed E-state index contributed by atoms with van der Waals surface area (Å²) >= 11 is 8.63. The van der Waals surface area contributed by atoms with Crippen LogP contribution in [0.5, 0.6) is 0 Å². The fraction of sp³-hybridized carbons (Fsp3) is 0.308. The molecule has 0 bridgehead atoms. The van der Waals surface area contributed by atoms with Gasteiger partial charge in [-0.05, 0) is 18.2 Å². The Morgan fingerprint density at radius 3 is 2.90 bits per heavy atom. The van der Waals surface area contributed by atoms with Crippen LogP contribution in [0.25, 0.3) is 0 Å². The van der Waals surface area contributed by atoms with Crippen molar-refractivity contribution in [1.29, 1.82) is 0 Å². The largest absolute Gasteiger partial charge is 0.274 e. The highest BCUT2D eigenvalue weighted by molar-refractivity contribution is 8.39. The molecule has 1 fully saturated rings. The summed E-state index contributed by atoms with van der Waals surface area (Å²) in [7, 11) is 0. The molecule has 0 unspecified atom stereocenters. The monoisotopic (exact) mass is 344 g/mol. The first-order chi connectivity index (χ1) is 10.1. The van der Waals surface area contributed by atoms with Gasteiger partial charge in [0.1, 0.15) is 15.4 Å². The van der Waals surface area contributed by atoms with E-state index in [-0.39, 0.29) is 23.3 Å². The van der Waals surface area contributed by atoms with Crippen LogP contribution in [0.2, 0.25) is 5.02 Å². The van der Waals surface area contributed by atoms with E-state index in [0.717, 1.165) is 27.6 Å². The highest BCUT2D eigenvalue weighted by Crippen LogP contribution is 2.35. The van der Waals surface area contributed by atoms with Gasteiger partial charge in [-0.3, -0.25) is 14.6 Å². The average molecular weight is 345 g/mol. The molecule has 2 amide bonds. The van der Waals surface area contributed by atoms with Gasteiger partial charge in [0, 0.05) is 12.2 Å². The number of imide groups is 1. The van der Waals surface area contributed by atoms with Crippen molar-refractivity contribution in [3.8, 4) is 0 Å². The second-order valence-corrected chi connectivity index (χ2v) is 7.41. The van der Waals surface area contributed by atoms with Crippen molar-refractivity contribution >= 4 is 57.0 Å². The van der Waals surface area contributed by atoms with E-state index in [1.807, 2.05) is 0 Å². The highest BCUT2D eigenvalue weighted by atomic mass is 35.5. The maximum Gasteiger partial charge on any atom is 0.247 e. The summed E-state index contributed by atoms with van der Waals surface area (Å²) in [4.78, 5) is 29.8. The second kappa shape index (κ2) is 5.98. The molecule has 1 atom stereocenters. The zero-order valence-corrected chi connectivity index (χ0v) is 13.1. The molecule has 21 heavy (non-hydrogen) atoms. The van der Waals surface area contributed by atoms with E-state index in [1.165, 1.54) is 23.9 Å². The zero-order chi connectivity index (χ0) is 15.0. The van der Waals surface area contributed by atoms with Crippen molar-refractivity contribution in [2.45, 2.75) is 11.7 Å². The van der Waals surface area contributed by atoms with Crippen LogP contribution in [0, 0.1) is 5.82 Å². The molecule has 0 N–H and O–H groups in total. The van der Waals surface area contributed by atoms with E-state index in [1.54, 1.807) is 11.8 Å². The Balaban J connectivity index is 1.81. The molecule has 0 radical (unpaired) electrons. The standard InChI is InChI=1S/C13H10ClFN2O2S2/c14-8-5-7(1-2-9(8)15)17-11(18)6-10(12(17)19)21-13-16-3-4-20-13/h1-2,5,10H,3-4,6H2/t10-/m1/s1. The molecule has 110 valence electrons. The number of anilines is 1. The summed E-state index contributed by atoms with van der Waals surface area (Å²) in [5, 5.41) is -0.578. The number of thioether (sulfide) groups is 2. The molecule has 2 aliphatic rings. The van der Waals surface area contributed by atoms with Gasteiger partial charge in [0.05, 0.1) is 17.3 Å². The lowest BCUT2D eigenvalue weighted by Gasteiger charge is -2.15. The van der Waals surface area contributed by atoms with E-state index in [4.69, 9.17) is 11.6 Å². The summed E-state index contributed by atoms with van der Waals surface area (Å²) in [5.74, 6) is -0.275. The van der Waals surface area contributed by atoms with Gasteiger partial charge in [0.15, 0.2) is 0 Å². The Morgan fingerprint density at radius 1 is 1.43 bits per heavy atom. The Bertz CT molecular complexity index is 653. The van der Waals surface area contributed by atoms with Crippen LogP contribution >= 0.6 is 35.1 Å². The Morgan fingerprint density at radius 2 is 2.24 bits per heavy atom. The number of carbonyl (C=O) groups is 2. The van der Waals surface area contributed by atoms with Crippen molar-refractivity contribution < 1.29 is 14.0 Å². The number of benzene rings is 1. The Labute approximate surface area is 134 Å². The smallest absolute Gasteiger partial charge is 0.247 e. The molecule has 8 heteroatoms. The number of rotatable bonds is 2. The van der Waals surface area contributed by atoms with E-state index < -0.39 is 11.1 Å². The maximum atomic E-state index is 13.2. The second-order valence-electron chi connectivity index (χ2n) is 4.47. The van der Waals surface area contributed by atoms with Gasteiger partial charge in [-0.15, -0.1) is 0 Å². The highest BCUT2D eigenvalue weighted by Gasteiger charge is 2.41. The number of halogens is 2. The first-order valence-corrected chi connectivity index (χ1v) is 8.46. The van der Waals surface area contributed by atoms with Crippen LogP contribution in [0.3, 0.4) is 0 Å². The molecule has 0 aliphatic carbocycles. The molecule has 2 heterocycles. The first-order valence-electron chi connectivity index (χ1n) is 6.22. The van der Waals surface area contributed by atoms with E-state index in [2.05, 4.69) is 4.99 Å². The number of hydrogen-bond acceptors (Lipinski definition) is 5. The van der Waals surface area contributed by atoms with Crippen molar-refractivity contribution in [3.63, 3.8) is 0 Å². The molecular formula is C13H10ClFN2O2S2. The molecule has 1 aromatic rings. The molecular weight excluding hydrogens is 335 g/mol. The van der Waals surface area contributed by atoms with E-state index in [0.29, 0.717) is 5.69 Å². The molecule has 3 rings (SSSR count). The fourth-order valence-corrected chi connectivity index (χ4v) is 4.53. The predicted octanol–water partition coefficient (Wildman–Crippen LogP) is 2.95. The third-order valence-corrected chi connectivity index (χ3v) is 5.75. The number of hydrogen-bond donors (Lipinski definition) is 0. The zero-order valence-electron chi connectivity index (χ0n) is 10.7. The minimum atomic E-state index is -0.581. The van der Waals surface area contributed by atoms with Crippen LogP contribution in [-0.4, -0.2) is 33.7 Å². The molecule has 0 saturated carbocycles. The van der Waals surface area contributed by atoms with Gasteiger partial charge in [-0.1, -0.05) is 35.1 Å². The number of amides is 2. The van der Waals surface area contributed by atoms with Crippen molar-refractivity contribution in [1.82, 2.24) is 0 Å². The van der Waals surface area contributed by atoms with Gasteiger partial charge >= 0.3 is 0 Å². The number of carbonyl (C=O) groups excluding carboxylic acids is 2. The summed E-state index contributed by atoms with van der Waals surface area (Å²) in [6.45, 7) is 0.749. The molecule has 2 aliphatic heterocycles. The van der Waals surface area contributed by atoms with Crippen LogP contribution in [0.1, 0.15) is 6.42 Å². The van der Waals surface area contributed by atoms with E-state index >= 15 is 0 Å². The molecule has 4 nitrogen and oxygen atoms in total. The number of aliphatic imine (C=N–C) groups is 1. The van der Waals surface area contributed by atoms with Crippen LogP contribution in [0.15, 0.2) is 23.2 Å². The fourth-order valence-electron chi connectivity index (χ4n) is 2.10. The molecule has 0 aromatic heterocycles. The lowest BCUT2D eigenvalue weighted by atomic mass is 10.3. The third kappa shape index (κ3) is 2.95. The average Bonchev–Trinajstić information content (AvgIpc) is 3.03. The van der Waals surface area contributed by atoms with Crippen LogP contribution in [0.4, 0.5) is 10.1 Å². The lowest BCUT2D eigenvalue weighted by Crippen LogP contribution is -2.31. The van der Waals surface area contributed by atoms with Gasteiger partial charge in [-0.25, -0.2) is 9.29 Å². The third-order valence-electron chi connectivity index (χ3n) is 3.07. The molecule has 0 spiro atoms. The van der Waals surface area contributed by atoms with Gasteiger partial charge < -0.3 is 0 Å². The summed E-state index contributed by atoms with van der Waals surface area (Å²) in [6.07, 6.45) is 0.123. The Hall–Kier alpha value is -1.05.